The van der Waals surface area contributed by atoms with Crippen LogP contribution in [0.3, 0.4) is 0 Å². The van der Waals surface area contributed by atoms with Gasteiger partial charge in [-0.05, 0) is 25.0 Å². The minimum absolute atomic E-state index is 0.110. The van der Waals surface area contributed by atoms with Crippen molar-refractivity contribution in [2.45, 2.75) is 25.4 Å². The summed E-state index contributed by atoms with van der Waals surface area (Å²) in [7, 11) is 0. The van der Waals surface area contributed by atoms with Gasteiger partial charge in [-0.1, -0.05) is 29.8 Å². The molecule has 0 aliphatic carbocycles. The van der Waals surface area contributed by atoms with Gasteiger partial charge in [-0.2, -0.15) is 10.2 Å². The van der Waals surface area contributed by atoms with Crippen LogP contribution >= 0.6 is 11.6 Å². The molecule has 1 saturated heterocycles. The van der Waals surface area contributed by atoms with E-state index in [2.05, 4.69) is 15.3 Å². The van der Waals surface area contributed by atoms with Crippen molar-refractivity contribution >= 4 is 28.6 Å². The van der Waals surface area contributed by atoms with Gasteiger partial charge in [0, 0.05) is 47.0 Å². The topological polar surface area (TPSA) is 92.8 Å². The number of hydrogen-bond acceptors (Lipinski definition) is 6. The number of nitrogens with zero attached hydrogens (tertiary/aromatic N) is 4. The summed E-state index contributed by atoms with van der Waals surface area (Å²) in [5.41, 5.74) is 1.15. The first-order valence-electron chi connectivity index (χ1n) is 9.04. The van der Waals surface area contributed by atoms with Gasteiger partial charge in [-0.15, -0.1) is 0 Å². The maximum atomic E-state index is 13.1. The normalized spacial score (nSPS) is 14.7. The van der Waals surface area contributed by atoms with Crippen molar-refractivity contribution < 1.29 is 4.74 Å². The Labute approximate surface area is 166 Å². The fourth-order valence-corrected chi connectivity index (χ4v) is 3.58. The van der Waals surface area contributed by atoms with Gasteiger partial charge in [-0.3, -0.25) is 9.36 Å². The third kappa shape index (κ3) is 3.57. The average molecular weight is 396 g/mol. The third-order valence-corrected chi connectivity index (χ3v) is 5.10. The average Bonchev–Trinajstić information content (AvgIpc) is 2.71. The molecule has 7 nitrogen and oxygen atoms in total. The van der Waals surface area contributed by atoms with Gasteiger partial charge in [0.05, 0.1) is 6.07 Å². The third-order valence-electron chi connectivity index (χ3n) is 4.77. The molecule has 0 unspecified atom stereocenters. The van der Waals surface area contributed by atoms with Gasteiger partial charge in [0.2, 0.25) is 5.95 Å². The first-order valence-corrected chi connectivity index (χ1v) is 9.42. The van der Waals surface area contributed by atoms with Crippen LogP contribution in [0, 0.1) is 11.3 Å². The van der Waals surface area contributed by atoms with Crippen molar-refractivity contribution in [2.24, 2.45) is 0 Å². The Hall–Kier alpha value is -2.95. The molecule has 142 valence electrons. The summed E-state index contributed by atoms with van der Waals surface area (Å²) >= 11 is 6.28. The second-order valence-electron chi connectivity index (χ2n) is 6.59. The van der Waals surface area contributed by atoms with Crippen LogP contribution in [0.15, 0.2) is 41.3 Å². The van der Waals surface area contributed by atoms with Crippen molar-refractivity contribution in [3.63, 3.8) is 0 Å². The van der Waals surface area contributed by atoms with E-state index in [0.29, 0.717) is 46.3 Å². The van der Waals surface area contributed by atoms with Crippen LogP contribution in [0.2, 0.25) is 5.02 Å². The van der Waals surface area contributed by atoms with Gasteiger partial charge >= 0.3 is 0 Å². The maximum Gasteiger partial charge on any atom is 0.261 e. The molecule has 1 N–H and O–H groups in total. The second kappa shape index (κ2) is 7.97. The number of halogens is 1. The summed E-state index contributed by atoms with van der Waals surface area (Å²) in [6.45, 7) is 1.29. The van der Waals surface area contributed by atoms with Gasteiger partial charge in [-0.25, -0.2) is 4.98 Å². The molecule has 28 heavy (non-hydrogen) atoms. The summed E-state index contributed by atoms with van der Waals surface area (Å²) in [4.78, 5) is 22.0. The molecular formula is C20H18ClN5O2. The number of hydrogen-bond donors (Lipinski definition) is 1. The van der Waals surface area contributed by atoms with Crippen molar-refractivity contribution in [1.29, 1.82) is 5.26 Å². The fraction of sp³-hybridized carbons (Fsp3) is 0.300. The van der Waals surface area contributed by atoms with E-state index in [-0.39, 0.29) is 18.1 Å². The number of benzene rings is 1. The number of ether oxygens (including phenoxy) is 1. The van der Waals surface area contributed by atoms with E-state index in [0.717, 1.165) is 12.8 Å². The Bertz CT molecular complexity index is 1120. The number of nitrogens with one attached hydrogen (secondary N) is 1. The number of nitriles is 1. The molecule has 2 aromatic heterocycles. The smallest absolute Gasteiger partial charge is 0.261 e. The molecule has 0 spiro atoms. The van der Waals surface area contributed by atoms with Crippen molar-refractivity contribution in [2.75, 3.05) is 18.5 Å². The van der Waals surface area contributed by atoms with Crippen LogP contribution < -0.4 is 10.9 Å². The maximum absolute atomic E-state index is 13.1. The lowest BCUT2D eigenvalue weighted by Crippen LogP contribution is -2.29. The number of pyridine rings is 1. The second-order valence-corrected chi connectivity index (χ2v) is 7.00. The molecule has 3 heterocycles. The highest BCUT2D eigenvalue weighted by Gasteiger charge is 2.17. The molecule has 8 heteroatoms. The van der Waals surface area contributed by atoms with E-state index >= 15 is 0 Å². The van der Waals surface area contributed by atoms with E-state index < -0.39 is 0 Å². The van der Waals surface area contributed by atoms with Crippen LogP contribution in [0.1, 0.15) is 12.8 Å². The number of aromatic nitrogens is 3. The summed E-state index contributed by atoms with van der Waals surface area (Å²) in [6, 6.07) is 11.1. The molecule has 0 radical (unpaired) electrons. The molecule has 1 aromatic carbocycles. The van der Waals surface area contributed by atoms with E-state index in [1.165, 1.54) is 4.57 Å². The molecule has 0 saturated carbocycles. The minimum atomic E-state index is -0.308. The lowest BCUT2D eigenvalue weighted by molar-refractivity contribution is 0.0903. The van der Waals surface area contributed by atoms with Gasteiger partial charge in [0.25, 0.3) is 5.56 Å². The Kier molecular flexibility index (Phi) is 5.24. The molecule has 4 rings (SSSR count). The van der Waals surface area contributed by atoms with Crippen LogP contribution in [0.25, 0.3) is 22.2 Å². The van der Waals surface area contributed by atoms with Crippen LogP contribution in [0.5, 0.6) is 0 Å². The molecule has 1 fully saturated rings. The summed E-state index contributed by atoms with van der Waals surface area (Å²) in [5, 5.41) is 13.7. The molecule has 0 amide bonds. The van der Waals surface area contributed by atoms with E-state index in [1.807, 2.05) is 12.1 Å². The molecular weight excluding hydrogens is 378 g/mol. The summed E-state index contributed by atoms with van der Waals surface area (Å²) in [6.07, 6.45) is 3.41. The highest BCUT2D eigenvalue weighted by molar-refractivity contribution is 6.33. The first kappa shape index (κ1) is 18.4. The summed E-state index contributed by atoms with van der Waals surface area (Å²) < 4.78 is 6.73. The van der Waals surface area contributed by atoms with E-state index in [9.17, 15) is 10.1 Å². The Morgan fingerprint density at radius 1 is 1.29 bits per heavy atom. The SMILES string of the molecule is N#CCn1c(=O)c(-c2ccccc2Cl)cc2cnc(NC3CCOCC3)nc21. The lowest BCUT2D eigenvalue weighted by atomic mass is 10.1. The van der Waals surface area contributed by atoms with E-state index in [1.54, 1.807) is 30.5 Å². The Morgan fingerprint density at radius 3 is 2.82 bits per heavy atom. The van der Waals surface area contributed by atoms with Crippen LogP contribution in [-0.4, -0.2) is 33.8 Å². The highest BCUT2D eigenvalue weighted by atomic mass is 35.5. The van der Waals surface area contributed by atoms with Crippen molar-refractivity contribution in [3.8, 4) is 17.2 Å². The lowest BCUT2D eigenvalue weighted by Gasteiger charge is -2.23. The number of anilines is 1. The van der Waals surface area contributed by atoms with Gasteiger partial charge in [0.15, 0.2) is 0 Å². The number of fused-ring (bicyclic) bond motifs is 1. The molecule has 1 aliphatic rings. The van der Waals surface area contributed by atoms with E-state index in [4.69, 9.17) is 16.3 Å². The largest absolute Gasteiger partial charge is 0.381 e. The number of rotatable bonds is 4. The quantitative estimate of drug-likeness (QED) is 0.729. The zero-order valence-corrected chi connectivity index (χ0v) is 15.8. The van der Waals surface area contributed by atoms with Crippen molar-refractivity contribution in [3.05, 3.63) is 51.9 Å². The Morgan fingerprint density at radius 2 is 2.07 bits per heavy atom. The molecule has 3 aromatic rings. The molecule has 0 bridgehead atoms. The highest BCUT2D eigenvalue weighted by Crippen LogP contribution is 2.27. The van der Waals surface area contributed by atoms with Gasteiger partial charge in [0.1, 0.15) is 12.2 Å². The summed E-state index contributed by atoms with van der Waals surface area (Å²) in [5.74, 6) is 0.441. The zero-order valence-electron chi connectivity index (χ0n) is 15.1. The minimum Gasteiger partial charge on any atom is -0.381 e. The molecule has 0 atom stereocenters. The first-order chi connectivity index (χ1) is 13.7. The van der Waals surface area contributed by atoms with Gasteiger partial charge < -0.3 is 10.1 Å². The Balaban J connectivity index is 1.82. The van der Waals surface area contributed by atoms with Crippen LogP contribution in [0.4, 0.5) is 5.95 Å². The van der Waals surface area contributed by atoms with Crippen LogP contribution in [-0.2, 0) is 11.3 Å². The fourth-order valence-electron chi connectivity index (χ4n) is 3.34. The molecule has 1 aliphatic heterocycles. The predicted octanol–water partition coefficient (Wildman–Crippen LogP) is 3.23. The monoisotopic (exact) mass is 395 g/mol. The zero-order chi connectivity index (χ0) is 19.5. The predicted molar refractivity (Wildman–Crippen MR) is 107 cm³/mol. The standard InChI is InChI=1S/C20H18ClN5O2/c21-17-4-2-1-3-15(17)16-11-13-12-23-20(24-14-5-9-28-10-6-14)25-18(13)26(8-7-22)19(16)27/h1-4,11-12,14H,5-6,8-10H2,(H,23,24,25). The van der Waals surface area contributed by atoms with Crippen molar-refractivity contribution in [1.82, 2.24) is 14.5 Å².